The molecule has 0 bridgehead atoms. The van der Waals surface area contributed by atoms with Crippen molar-refractivity contribution in [3.63, 3.8) is 0 Å². The molecule has 0 heterocycles. The Morgan fingerprint density at radius 1 is 1.14 bits per heavy atom. The van der Waals surface area contributed by atoms with Gasteiger partial charge >= 0.3 is 6.69 Å². The zero-order valence-electron chi connectivity index (χ0n) is 3.15. The van der Waals surface area contributed by atoms with Crippen LogP contribution in [0, 0.1) is 21.9 Å². The molecule has 0 radical (unpaired) electrons. The van der Waals surface area contributed by atoms with Gasteiger partial charge in [-0.2, -0.15) is 0 Å². The van der Waals surface area contributed by atoms with Crippen molar-refractivity contribution in [3.05, 3.63) is 0 Å². The van der Waals surface area contributed by atoms with Crippen LogP contribution >= 0.6 is 22.2 Å². The van der Waals surface area contributed by atoms with E-state index in [1.807, 2.05) is 0 Å². The van der Waals surface area contributed by atoms with Crippen LogP contribution in [0.4, 0.5) is 0 Å². The maximum atomic E-state index is 7.92. The summed E-state index contributed by atoms with van der Waals surface area (Å²) in [5, 5.41) is 15.8. The van der Waals surface area contributed by atoms with E-state index in [1.165, 1.54) is 11.4 Å². The van der Waals surface area contributed by atoms with Gasteiger partial charge in [-0.25, -0.2) is 10.5 Å². The van der Waals surface area contributed by atoms with Crippen molar-refractivity contribution >= 4 is 28.9 Å². The van der Waals surface area contributed by atoms with E-state index >= 15 is 0 Å². The molecule has 0 rings (SSSR count). The van der Waals surface area contributed by atoms with E-state index in [0.717, 1.165) is 0 Å². The molecule has 0 aliphatic heterocycles. The topological polar surface area (TPSA) is 47.6 Å². The second kappa shape index (κ2) is 2.18. The van der Waals surface area contributed by atoms with Crippen molar-refractivity contribution in [2.75, 3.05) is 0 Å². The molecule has 0 N–H and O–H groups in total. The average molecular weight is 151 g/mol. The lowest BCUT2D eigenvalue weighted by atomic mass is 11.7. The normalized spacial score (nSPS) is 9.14. The monoisotopic (exact) mass is 150 g/mol. The summed E-state index contributed by atoms with van der Waals surface area (Å²) < 4.78 is 0. The van der Waals surface area contributed by atoms with Gasteiger partial charge in [-0.3, -0.25) is 0 Å². The summed E-state index contributed by atoms with van der Waals surface area (Å²) in [5.41, 5.74) is 3.00. The van der Waals surface area contributed by atoms with Crippen LogP contribution in [0.25, 0.3) is 0 Å². The standard InChI is InChI=1S/C2Cl2N2Si/c3-7(4,1-5)2-6. The Bertz CT molecular complexity index is 125. The van der Waals surface area contributed by atoms with Gasteiger partial charge in [0.15, 0.2) is 0 Å². The summed E-state index contributed by atoms with van der Waals surface area (Å²) in [6.07, 6.45) is 0. The Labute approximate surface area is 51.3 Å². The Kier molecular flexibility index (Phi) is 2.11. The van der Waals surface area contributed by atoms with Gasteiger partial charge in [0, 0.05) is 0 Å². The SMILES string of the molecule is N#C[Si](Cl)(Cl)C#N. The molecular formula is C2Cl2N2Si. The molecule has 36 valence electrons. The second-order valence-electron chi connectivity index (χ2n) is 0.798. The van der Waals surface area contributed by atoms with Crippen molar-refractivity contribution in [1.29, 1.82) is 10.5 Å². The number of halogens is 2. The van der Waals surface area contributed by atoms with Crippen molar-refractivity contribution in [2.24, 2.45) is 0 Å². The predicted octanol–water partition coefficient (Wildman–Crippen LogP) is 1.03. The first-order valence-corrected chi connectivity index (χ1v) is 5.35. The number of hydrogen-bond acceptors (Lipinski definition) is 2. The molecule has 0 aliphatic carbocycles. The number of nitriles is 2. The highest BCUT2D eigenvalue weighted by molar-refractivity contribution is 7.52. The van der Waals surface area contributed by atoms with Gasteiger partial charge in [0.05, 0.1) is 11.4 Å². The van der Waals surface area contributed by atoms with Gasteiger partial charge < -0.3 is 0 Å². The Hall–Kier alpha value is -0.223. The number of nitrogens with zero attached hydrogens (tertiary/aromatic N) is 2. The van der Waals surface area contributed by atoms with Crippen LogP contribution in [0.1, 0.15) is 0 Å². The van der Waals surface area contributed by atoms with E-state index in [2.05, 4.69) is 0 Å². The summed E-state index contributed by atoms with van der Waals surface area (Å²) >= 11 is 10.2. The molecule has 0 amide bonds. The molecule has 5 heteroatoms. The number of hydrogen-bond donors (Lipinski definition) is 0. The highest BCUT2D eigenvalue weighted by atomic mass is 35.7. The molecule has 0 aliphatic rings. The molecule has 0 spiro atoms. The van der Waals surface area contributed by atoms with E-state index < -0.39 is 6.69 Å². The molecule has 0 saturated carbocycles. The molecule has 0 aromatic rings. The van der Waals surface area contributed by atoms with Gasteiger partial charge in [0.25, 0.3) is 0 Å². The summed E-state index contributed by atoms with van der Waals surface area (Å²) in [7, 11) is 0. The highest BCUT2D eigenvalue weighted by Gasteiger charge is 2.28. The molecule has 0 fully saturated rings. The third-order valence-electron chi connectivity index (χ3n) is 0.281. The first kappa shape index (κ1) is 6.78. The summed E-state index contributed by atoms with van der Waals surface area (Å²) in [5.74, 6) is 0. The lowest BCUT2D eigenvalue weighted by Gasteiger charge is -1.85. The maximum absolute atomic E-state index is 7.92. The van der Waals surface area contributed by atoms with Crippen molar-refractivity contribution in [3.8, 4) is 11.4 Å². The van der Waals surface area contributed by atoms with E-state index in [4.69, 9.17) is 32.7 Å². The zero-order chi connectivity index (χ0) is 5.91. The minimum Gasteiger partial charge on any atom is -0.202 e. The molecule has 7 heavy (non-hydrogen) atoms. The smallest absolute Gasteiger partial charge is 0.202 e. The maximum Gasteiger partial charge on any atom is 0.463 e. The van der Waals surface area contributed by atoms with Crippen LogP contribution in [-0.4, -0.2) is 6.69 Å². The molecule has 0 atom stereocenters. The summed E-state index contributed by atoms with van der Waals surface area (Å²) in [6, 6.07) is 0. The van der Waals surface area contributed by atoms with Gasteiger partial charge in [-0.05, 0) is 0 Å². The van der Waals surface area contributed by atoms with Crippen molar-refractivity contribution in [2.45, 2.75) is 0 Å². The summed E-state index contributed by atoms with van der Waals surface area (Å²) in [4.78, 5) is 0. The molecule has 0 aromatic heterocycles. The van der Waals surface area contributed by atoms with Crippen LogP contribution < -0.4 is 0 Å². The quantitative estimate of drug-likeness (QED) is 0.383. The third-order valence-corrected chi connectivity index (χ3v) is 1.86. The molecule has 0 aromatic carbocycles. The first-order valence-electron chi connectivity index (χ1n) is 1.33. The van der Waals surface area contributed by atoms with Gasteiger partial charge in [0.2, 0.25) is 0 Å². The highest BCUT2D eigenvalue weighted by Crippen LogP contribution is 2.09. The third kappa shape index (κ3) is 2.47. The van der Waals surface area contributed by atoms with Crippen LogP contribution in [0.5, 0.6) is 0 Å². The van der Waals surface area contributed by atoms with E-state index in [1.54, 1.807) is 0 Å². The first-order chi connectivity index (χ1) is 3.12. The van der Waals surface area contributed by atoms with Gasteiger partial charge in [-0.15, -0.1) is 22.2 Å². The van der Waals surface area contributed by atoms with Gasteiger partial charge in [0.1, 0.15) is 0 Å². The fourth-order valence-corrected chi connectivity index (χ4v) is 0.0750. The lowest BCUT2D eigenvalue weighted by molar-refractivity contribution is 1.54. The second-order valence-corrected chi connectivity index (χ2v) is 6.38. The van der Waals surface area contributed by atoms with E-state index in [9.17, 15) is 0 Å². The van der Waals surface area contributed by atoms with Crippen LogP contribution in [0.2, 0.25) is 0 Å². The van der Waals surface area contributed by atoms with E-state index in [0.29, 0.717) is 0 Å². The zero-order valence-corrected chi connectivity index (χ0v) is 5.66. The Morgan fingerprint density at radius 2 is 1.43 bits per heavy atom. The predicted molar refractivity (Wildman–Crippen MR) is 28.7 cm³/mol. The fourth-order valence-electron chi connectivity index (χ4n) is 0.0250. The fraction of sp³-hybridized carbons (Fsp3) is 0. The summed E-state index contributed by atoms with van der Waals surface area (Å²) in [6.45, 7) is -3.10. The lowest BCUT2D eigenvalue weighted by Crippen LogP contribution is -2.11. The Balaban J connectivity index is 4.00. The minimum absolute atomic E-state index is 1.50. The van der Waals surface area contributed by atoms with Crippen LogP contribution in [0.15, 0.2) is 0 Å². The van der Waals surface area contributed by atoms with Crippen molar-refractivity contribution < 1.29 is 0 Å². The van der Waals surface area contributed by atoms with Crippen molar-refractivity contribution in [1.82, 2.24) is 0 Å². The van der Waals surface area contributed by atoms with Gasteiger partial charge in [-0.1, -0.05) is 0 Å². The van der Waals surface area contributed by atoms with Crippen LogP contribution in [0.3, 0.4) is 0 Å². The number of rotatable bonds is 0. The molecule has 0 saturated heterocycles. The largest absolute Gasteiger partial charge is 0.463 e. The Morgan fingerprint density at radius 3 is 1.43 bits per heavy atom. The minimum atomic E-state index is -3.10. The van der Waals surface area contributed by atoms with E-state index in [-0.39, 0.29) is 0 Å². The average Bonchev–Trinajstić information content (AvgIpc) is 1.68. The molecule has 0 unspecified atom stereocenters. The molecule has 2 nitrogen and oxygen atoms in total. The van der Waals surface area contributed by atoms with Crippen LogP contribution in [-0.2, 0) is 0 Å². The molecular weight excluding hydrogens is 151 g/mol.